The van der Waals surface area contributed by atoms with Gasteiger partial charge in [0, 0.05) is 64.5 Å². The van der Waals surface area contributed by atoms with Crippen molar-refractivity contribution in [1.29, 1.82) is 0 Å². The highest BCUT2D eigenvalue weighted by Gasteiger charge is 2.35. The average Bonchev–Trinajstić information content (AvgIpc) is 4.02. The first kappa shape index (κ1) is 50.4. The Labute approximate surface area is 388 Å². The van der Waals surface area contributed by atoms with Crippen LogP contribution in [0.25, 0.3) is 44.4 Å². The summed E-state index contributed by atoms with van der Waals surface area (Å²) in [5.74, 6) is -8.10. The molecule has 5 heterocycles. The summed E-state index contributed by atoms with van der Waals surface area (Å²) in [6.45, 7) is 12.7. The number of nitrogens with zero attached hydrogens (tertiary/aromatic N) is 2. The summed E-state index contributed by atoms with van der Waals surface area (Å²) in [6, 6.07) is 0.423. The number of hydrogen-bond acceptors (Lipinski definition) is 11. The zero-order valence-electron chi connectivity index (χ0n) is 37.9. The normalized spacial score (nSPS) is 15.4. The number of carbonyl (C=O) groups is 7. The number of aromatic nitrogens is 4. The topological polar surface area (TPSA) is 340 Å². The number of fused-ring (bicyclic) bond motifs is 8. The number of carbonyl (C=O) groups excluding carboxylic acids is 3. The van der Waals surface area contributed by atoms with Gasteiger partial charge >= 0.3 is 31.6 Å². The van der Waals surface area contributed by atoms with Gasteiger partial charge in [0.05, 0.1) is 29.4 Å². The summed E-state index contributed by atoms with van der Waals surface area (Å²) in [5, 5.41) is 43.8. The fraction of sp³-hybridized carbons (Fsp3) is 0.370. The van der Waals surface area contributed by atoms with Crippen molar-refractivity contribution in [2.45, 2.75) is 104 Å². The number of aromatic amines is 2. The van der Waals surface area contributed by atoms with Crippen LogP contribution in [-0.4, -0.2) is 111 Å². The van der Waals surface area contributed by atoms with Crippen LogP contribution in [0.2, 0.25) is 0 Å². The lowest BCUT2D eigenvalue weighted by molar-refractivity contribution is -0.144. The maximum Gasteiger partial charge on any atom is 0.403 e. The highest BCUT2D eigenvalue weighted by molar-refractivity contribution is 7.50. The van der Waals surface area contributed by atoms with Crippen molar-refractivity contribution in [2.24, 2.45) is 0 Å². The van der Waals surface area contributed by atoms with E-state index in [1.165, 1.54) is 0 Å². The van der Waals surface area contributed by atoms with E-state index < -0.39 is 93.9 Å². The molecule has 10 N–H and O–H groups in total. The molecule has 2 amide bonds. The van der Waals surface area contributed by atoms with Gasteiger partial charge in [-0.1, -0.05) is 19.6 Å². The Morgan fingerprint density at radius 2 is 1.35 bits per heavy atom. The zero-order valence-corrected chi connectivity index (χ0v) is 38.8. The molecule has 3 aliphatic rings. The molecule has 2 aliphatic heterocycles. The molecule has 0 saturated carbocycles. The molecular weight excluding hydrogens is 906 g/mol. The van der Waals surface area contributed by atoms with E-state index in [-0.39, 0.29) is 25.0 Å². The van der Waals surface area contributed by atoms with Crippen LogP contribution in [0, 0.1) is 13.8 Å². The lowest BCUT2D eigenvalue weighted by Crippen LogP contribution is -2.46. The SMILES string of the molecule is C=CC1=C(C)c2cc3[nH]c(c4c5nc(cc6[nH]c(cc1n2)c(C)c6CC)C(C)=C5C(=O)C4)c(CCC(=O)N[C@@H](CCC(=O)N[C@@H](COP(=O)(O)N[C@@H](CCC(=O)O)C(=O)O)C(=O)O)C(=O)O)c3C. The van der Waals surface area contributed by atoms with Gasteiger partial charge in [0.1, 0.15) is 12.1 Å². The van der Waals surface area contributed by atoms with Gasteiger partial charge in [-0.3, -0.25) is 28.5 Å². The Morgan fingerprint density at radius 1 is 0.779 bits per heavy atom. The van der Waals surface area contributed by atoms with Crippen LogP contribution in [0.5, 0.6) is 0 Å². The summed E-state index contributed by atoms with van der Waals surface area (Å²) in [7, 11) is -5.05. The molecule has 21 nitrogen and oxygen atoms in total. The third kappa shape index (κ3) is 10.9. The van der Waals surface area contributed by atoms with Crippen LogP contribution in [-0.2, 0) is 61.9 Å². The molecule has 0 spiro atoms. The lowest BCUT2D eigenvalue weighted by atomic mass is 10.0. The van der Waals surface area contributed by atoms with Crippen LogP contribution in [0.4, 0.5) is 0 Å². The van der Waals surface area contributed by atoms with Gasteiger partial charge in [-0.25, -0.2) is 29.2 Å². The second-order valence-corrected chi connectivity index (χ2v) is 18.2. The monoisotopic (exact) mass is 957 g/mol. The minimum atomic E-state index is -5.05. The predicted octanol–water partition coefficient (Wildman–Crippen LogP) is 4.54. The van der Waals surface area contributed by atoms with Crippen LogP contribution in [0.3, 0.4) is 0 Å². The molecule has 4 atom stereocenters. The second-order valence-electron chi connectivity index (χ2n) is 16.6. The molecule has 22 heteroatoms. The Morgan fingerprint density at radius 3 is 1.99 bits per heavy atom. The number of Topliss-reactive ketones (excluding diaryl/α,β-unsaturated/α-hetero) is 1. The summed E-state index contributed by atoms with van der Waals surface area (Å²) < 4.78 is 17.1. The molecule has 0 aromatic carbocycles. The molecule has 3 aromatic heterocycles. The molecule has 360 valence electrons. The van der Waals surface area contributed by atoms with E-state index in [4.69, 9.17) is 15.1 Å². The van der Waals surface area contributed by atoms with Gasteiger partial charge in [-0.05, 0) is 105 Å². The van der Waals surface area contributed by atoms with Crippen molar-refractivity contribution in [1.82, 2.24) is 35.7 Å². The molecule has 68 heavy (non-hydrogen) atoms. The Hall–Kier alpha value is -7.06. The summed E-state index contributed by atoms with van der Waals surface area (Å²) >= 11 is 0. The molecule has 0 radical (unpaired) electrons. The van der Waals surface area contributed by atoms with Crippen molar-refractivity contribution in [3.8, 4) is 0 Å². The van der Waals surface area contributed by atoms with Gasteiger partial charge in [-0.15, -0.1) is 0 Å². The van der Waals surface area contributed by atoms with Crippen LogP contribution in [0.15, 0.2) is 30.9 Å². The first-order chi connectivity index (χ1) is 32.0. The number of aliphatic carboxylic acids is 4. The number of amides is 2. The number of nitrogens with one attached hydrogen (secondary N) is 5. The molecule has 8 bridgehead atoms. The zero-order chi connectivity index (χ0) is 49.9. The van der Waals surface area contributed by atoms with Gasteiger partial charge in [0.25, 0.3) is 0 Å². The van der Waals surface area contributed by atoms with Gasteiger partial charge in [0.15, 0.2) is 11.8 Å². The largest absolute Gasteiger partial charge is 0.481 e. The smallest absolute Gasteiger partial charge is 0.403 e. The van der Waals surface area contributed by atoms with Gasteiger partial charge < -0.3 is 45.9 Å². The van der Waals surface area contributed by atoms with Crippen molar-refractivity contribution in [3.63, 3.8) is 0 Å². The maximum atomic E-state index is 13.7. The van der Waals surface area contributed by atoms with E-state index in [9.17, 15) is 58.3 Å². The number of hydrogen-bond donors (Lipinski definition) is 10. The van der Waals surface area contributed by atoms with E-state index >= 15 is 0 Å². The van der Waals surface area contributed by atoms with Gasteiger partial charge in [-0.2, -0.15) is 0 Å². The van der Waals surface area contributed by atoms with Gasteiger partial charge in [0.2, 0.25) is 11.8 Å². The summed E-state index contributed by atoms with van der Waals surface area (Å²) in [5.41, 5.74) is 12.8. The summed E-state index contributed by atoms with van der Waals surface area (Å²) in [4.78, 5) is 114. The minimum absolute atomic E-state index is 0.0463. The standard InChI is InChI=1S/C46H52N7O14P/c1-7-24-20(3)30-16-32-22(5)26(42(51-32)27-15-37(54)41-23(6)33(52-43(27)41)18-35-25(8-2)21(4)31(48-35)17-34(24)47-30)9-12-38(55)49-28(44(59)60)10-13-39(56)50-36(46(63)64)19-67-68(65,66)53-29(45(61)62)11-14-40(57)58/h7,16-18,28-29,36,48,51H,1,8-15,19H2,2-6H3,(H,49,55)(H,50,56)(H,57,58)(H,59,60)(H,61,62)(H,63,64)(H2,53,65,66)/t28-,29-,36-/m0/s1. The number of H-pyrrole nitrogens is 2. The molecule has 0 saturated heterocycles. The summed E-state index contributed by atoms with van der Waals surface area (Å²) in [6.07, 6.45) is -0.00972. The molecule has 0 fully saturated rings. The van der Waals surface area contributed by atoms with E-state index in [1.807, 2.05) is 44.3 Å². The maximum absolute atomic E-state index is 13.7. The molecule has 3 aromatic rings. The van der Waals surface area contributed by atoms with E-state index in [1.54, 1.807) is 11.2 Å². The number of aryl methyl sites for hydroxylation is 4. The second kappa shape index (κ2) is 20.4. The van der Waals surface area contributed by atoms with Crippen LogP contribution in [0.1, 0.15) is 103 Å². The Balaban J connectivity index is 1.23. The average molecular weight is 958 g/mol. The Kier molecular flexibility index (Phi) is 15.1. The highest BCUT2D eigenvalue weighted by Crippen LogP contribution is 2.42. The first-order valence-corrected chi connectivity index (χ1v) is 23.2. The van der Waals surface area contributed by atoms with Crippen LogP contribution < -0.4 is 15.7 Å². The van der Waals surface area contributed by atoms with Crippen molar-refractivity contribution < 1.29 is 68.0 Å². The molecule has 1 unspecified atom stereocenters. The number of allylic oxidation sites excluding steroid dienone is 5. The Bertz CT molecular complexity index is 2960. The fourth-order valence-corrected chi connectivity index (χ4v) is 9.56. The highest BCUT2D eigenvalue weighted by atomic mass is 31.2. The number of carboxylic acids is 4. The predicted molar refractivity (Wildman–Crippen MR) is 248 cm³/mol. The number of rotatable bonds is 21. The van der Waals surface area contributed by atoms with Crippen molar-refractivity contribution in [3.05, 3.63) is 81.4 Å². The number of ketones is 1. The van der Waals surface area contributed by atoms with Crippen LogP contribution >= 0.6 is 7.75 Å². The molecule has 6 rings (SSSR count). The number of carboxylic acid groups (broad SMARTS) is 4. The van der Waals surface area contributed by atoms with Crippen molar-refractivity contribution >= 4 is 93.6 Å². The molecule has 1 aliphatic carbocycles. The third-order valence-electron chi connectivity index (χ3n) is 12.2. The quantitative estimate of drug-likeness (QED) is 0.0655. The molecular formula is C46H52N7O14P. The van der Waals surface area contributed by atoms with E-state index in [0.29, 0.717) is 44.8 Å². The van der Waals surface area contributed by atoms with E-state index in [2.05, 4.69) is 40.2 Å². The minimum Gasteiger partial charge on any atom is -0.481 e. The van der Waals surface area contributed by atoms with Crippen molar-refractivity contribution in [2.75, 3.05) is 6.61 Å². The third-order valence-corrected chi connectivity index (χ3v) is 13.4. The van der Waals surface area contributed by atoms with E-state index in [0.717, 1.165) is 56.6 Å². The lowest BCUT2D eigenvalue weighted by Gasteiger charge is -2.21. The fourth-order valence-electron chi connectivity index (χ4n) is 8.50. The first-order valence-electron chi connectivity index (χ1n) is 21.6.